The van der Waals surface area contributed by atoms with Crippen LogP contribution in [0, 0.1) is 6.92 Å². The molecule has 2 rings (SSSR count). The Kier molecular flexibility index (Phi) is 3.74. The van der Waals surface area contributed by atoms with E-state index in [2.05, 4.69) is 57.4 Å². The van der Waals surface area contributed by atoms with Gasteiger partial charge in [0, 0.05) is 11.0 Å². The summed E-state index contributed by atoms with van der Waals surface area (Å²) in [5.74, 6) is 0. The number of aryl methyl sites for hydroxylation is 1. The minimum atomic E-state index is 0.835. The topological polar surface area (TPSA) is 24.9 Å². The molecule has 0 aliphatic rings. The van der Waals surface area contributed by atoms with E-state index in [4.69, 9.17) is 0 Å². The largest absolute Gasteiger partial charge is 0.314 e. The Hall–Kier alpha value is -0.710. The molecule has 84 valence electrons. The van der Waals surface area contributed by atoms with E-state index in [1.165, 1.54) is 10.4 Å². The third kappa shape index (κ3) is 2.51. The number of nitrogens with one attached hydrogen (secondary N) is 1. The lowest BCUT2D eigenvalue weighted by Crippen LogP contribution is -2.04. The van der Waals surface area contributed by atoms with Gasteiger partial charge < -0.3 is 5.32 Å². The zero-order chi connectivity index (χ0) is 11.5. The maximum Gasteiger partial charge on any atom is 0.107 e. The number of hydrogen-bond donors (Lipinski definition) is 1. The number of rotatable bonds is 3. The van der Waals surface area contributed by atoms with E-state index in [1.807, 2.05) is 7.05 Å². The van der Waals surface area contributed by atoms with Crippen molar-refractivity contribution in [3.05, 3.63) is 39.4 Å². The van der Waals surface area contributed by atoms with Crippen LogP contribution in [-0.4, -0.2) is 12.0 Å². The summed E-state index contributed by atoms with van der Waals surface area (Å²) in [6.45, 7) is 2.90. The molecule has 0 amide bonds. The maximum absolute atomic E-state index is 4.54. The fraction of sp³-hybridized carbons (Fsp3) is 0.250. The summed E-state index contributed by atoms with van der Waals surface area (Å²) in [6.07, 6.45) is 0. The molecular weight excluding hydrogens is 284 g/mol. The maximum atomic E-state index is 4.54. The Bertz CT molecular complexity index is 476. The molecule has 1 aromatic heterocycles. The van der Waals surface area contributed by atoms with E-state index >= 15 is 0 Å². The third-order valence-corrected chi connectivity index (χ3v) is 4.01. The molecule has 0 aliphatic carbocycles. The van der Waals surface area contributed by atoms with Crippen molar-refractivity contribution >= 4 is 27.3 Å². The molecule has 0 bridgehead atoms. The second-order valence-corrected chi connectivity index (χ2v) is 5.56. The van der Waals surface area contributed by atoms with Crippen molar-refractivity contribution in [1.29, 1.82) is 0 Å². The van der Waals surface area contributed by atoms with E-state index in [0.29, 0.717) is 0 Å². The Balaban J connectivity index is 2.36. The molecule has 1 aromatic carbocycles. The number of nitrogens with zero attached hydrogens (tertiary/aromatic N) is 1. The minimum absolute atomic E-state index is 0.835. The predicted molar refractivity (Wildman–Crippen MR) is 72.8 cm³/mol. The molecule has 16 heavy (non-hydrogen) atoms. The lowest BCUT2D eigenvalue weighted by molar-refractivity contribution is 0.807. The number of benzene rings is 1. The molecule has 0 spiro atoms. The zero-order valence-electron chi connectivity index (χ0n) is 9.25. The summed E-state index contributed by atoms with van der Waals surface area (Å²) in [5.41, 5.74) is 2.35. The first-order valence-electron chi connectivity index (χ1n) is 5.07. The number of thiazole rings is 1. The molecular formula is C12H13BrN2S. The van der Waals surface area contributed by atoms with E-state index in [0.717, 1.165) is 21.7 Å². The average Bonchev–Trinajstić information content (AvgIpc) is 2.61. The van der Waals surface area contributed by atoms with Crippen molar-refractivity contribution in [1.82, 2.24) is 10.3 Å². The summed E-state index contributed by atoms with van der Waals surface area (Å²) < 4.78 is 1.11. The molecule has 0 fully saturated rings. The van der Waals surface area contributed by atoms with E-state index in [-0.39, 0.29) is 0 Å². The highest BCUT2D eigenvalue weighted by molar-refractivity contribution is 9.10. The SMILES string of the molecule is CNCc1nc(C)c(-c2ccc(Br)cc2)s1. The fourth-order valence-corrected chi connectivity index (χ4v) is 2.89. The number of halogens is 1. The van der Waals surface area contributed by atoms with Gasteiger partial charge in [-0.3, -0.25) is 0 Å². The van der Waals surface area contributed by atoms with Crippen LogP contribution < -0.4 is 5.32 Å². The van der Waals surface area contributed by atoms with Crippen molar-refractivity contribution in [2.45, 2.75) is 13.5 Å². The lowest BCUT2D eigenvalue weighted by Gasteiger charge is -1.98. The van der Waals surface area contributed by atoms with Crippen molar-refractivity contribution in [3.8, 4) is 10.4 Å². The zero-order valence-corrected chi connectivity index (χ0v) is 11.7. The quantitative estimate of drug-likeness (QED) is 0.936. The molecule has 0 aliphatic heterocycles. The fourth-order valence-electron chi connectivity index (χ4n) is 1.55. The van der Waals surface area contributed by atoms with Gasteiger partial charge in [-0.15, -0.1) is 11.3 Å². The summed E-state index contributed by atoms with van der Waals surface area (Å²) in [5, 5.41) is 4.26. The highest BCUT2D eigenvalue weighted by Gasteiger charge is 2.08. The van der Waals surface area contributed by atoms with Gasteiger partial charge in [-0.1, -0.05) is 28.1 Å². The van der Waals surface area contributed by atoms with Crippen molar-refractivity contribution in [2.24, 2.45) is 0 Å². The minimum Gasteiger partial charge on any atom is -0.314 e. The second-order valence-electron chi connectivity index (χ2n) is 3.56. The smallest absolute Gasteiger partial charge is 0.107 e. The van der Waals surface area contributed by atoms with Crippen LogP contribution in [0.5, 0.6) is 0 Å². The van der Waals surface area contributed by atoms with E-state index in [1.54, 1.807) is 11.3 Å². The van der Waals surface area contributed by atoms with Crippen LogP contribution in [0.15, 0.2) is 28.7 Å². The third-order valence-electron chi connectivity index (χ3n) is 2.28. The van der Waals surface area contributed by atoms with Crippen LogP contribution in [0.1, 0.15) is 10.7 Å². The first-order valence-corrected chi connectivity index (χ1v) is 6.68. The molecule has 0 saturated heterocycles. The molecule has 2 aromatic rings. The molecule has 0 atom stereocenters. The Labute approximate surface area is 108 Å². The normalized spacial score (nSPS) is 10.7. The highest BCUT2D eigenvalue weighted by Crippen LogP contribution is 2.30. The highest BCUT2D eigenvalue weighted by atomic mass is 79.9. The van der Waals surface area contributed by atoms with Crippen molar-refractivity contribution in [3.63, 3.8) is 0 Å². The molecule has 1 heterocycles. The Morgan fingerprint density at radius 1 is 1.31 bits per heavy atom. The first kappa shape index (κ1) is 11.8. The van der Waals surface area contributed by atoms with Gasteiger partial charge in [-0.05, 0) is 31.7 Å². The van der Waals surface area contributed by atoms with Gasteiger partial charge in [0.15, 0.2) is 0 Å². The van der Waals surface area contributed by atoms with Gasteiger partial charge in [-0.25, -0.2) is 4.98 Å². The van der Waals surface area contributed by atoms with Crippen molar-refractivity contribution < 1.29 is 0 Å². The van der Waals surface area contributed by atoms with Crippen LogP contribution in [0.25, 0.3) is 10.4 Å². The number of hydrogen-bond acceptors (Lipinski definition) is 3. The van der Waals surface area contributed by atoms with Crippen LogP contribution in [0.2, 0.25) is 0 Å². The van der Waals surface area contributed by atoms with Gasteiger partial charge in [-0.2, -0.15) is 0 Å². The van der Waals surface area contributed by atoms with Gasteiger partial charge in [0.25, 0.3) is 0 Å². The van der Waals surface area contributed by atoms with Crippen LogP contribution >= 0.6 is 27.3 Å². The van der Waals surface area contributed by atoms with Gasteiger partial charge in [0.1, 0.15) is 5.01 Å². The lowest BCUT2D eigenvalue weighted by atomic mass is 10.2. The Morgan fingerprint density at radius 2 is 2.00 bits per heavy atom. The standard InChI is InChI=1S/C12H13BrN2S/c1-8-12(16-11(15-8)7-14-2)9-3-5-10(13)6-4-9/h3-6,14H,7H2,1-2H3. The Morgan fingerprint density at radius 3 is 2.62 bits per heavy atom. The van der Waals surface area contributed by atoms with E-state index < -0.39 is 0 Å². The molecule has 4 heteroatoms. The second kappa shape index (κ2) is 5.08. The van der Waals surface area contributed by atoms with Crippen LogP contribution in [-0.2, 0) is 6.54 Å². The summed E-state index contributed by atoms with van der Waals surface area (Å²) >= 11 is 5.20. The molecule has 0 unspecified atom stereocenters. The van der Waals surface area contributed by atoms with Crippen LogP contribution in [0.3, 0.4) is 0 Å². The average molecular weight is 297 g/mol. The van der Waals surface area contributed by atoms with Gasteiger partial charge >= 0.3 is 0 Å². The molecule has 2 nitrogen and oxygen atoms in total. The number of aromatic nitrogens is 1. The predicted octanol–water partition coefficient (Wildman–Crippen LogP) is 3.60. The van der Waals surface area contributed by atoms with Gasteiger partial charge in [0.05, 0.1) is 10.6 Å². The molecule has 0 saturated carbocycles. The summed E-state index contributed by atoms with van der Waals surface area (Å²) in [6, 6.07) is 8.36. The summed E-state index contributed by atoms with van der Waals surface area (Å²) in [4.78, 5) is 5.81. The molecule has 1 N–H and O–H groups in total. The van der Waals surface area contributed by atoms with Gasteiger partial charge in [0.2, 0.25) is 0 Å². The first-order chi connectivity index (χ1) is 7.70. The van der Waals surface area contributed by atoms with Crippen LogP contribution in [0.4, 0.5) is 0 Å². The monoisotopic (exact) mass is 296 g/mol. The summed E-state index contributed by atoms with van der Waals surface area (Å²) in [7, 11) is 1.94. The van der Waals surface area contributed by atoms with E-state index in [9.17, 15) is 0 Å². The van der Waals surface area contributed by atoms with Crippen molar-refractivity contribution in [2.75, 3.05) is 7.05 Å². The molecule has 0 radical (unpaired) electrons.